The lowest BCUT2D eigenvalue weighted by Gasteiger charge is -2.08. The van der Waals surface area contributed by atoms with Gasteiger partial charge >= 0.3 is 0 Å². The second kappa shape index (κ2) is 6.48. The Morgan fingerprint density at radius 1 is 1.14 bits per heavy atom. The highest BCUT2D eigenvalue weighted by atomic mass is 19.1. The minimum Gasteiger partial charge on any atom is -0.493 e. The van der Waals surface area contributed by atoms with Crippen molar-refractivity contribution in [3.05, 3.63) is 64.7 Å². The van der Waals surface area contributed by atoms with E-state index in [1.807, 2.05) is 25.1 Å². The van der Waals surface area contributed by atoms with E-state index in [0.717, 1.165) is 11.6 Å². The van der Waals surface area contributed by atoms with Crippen LogP contribution in [0.4, 0.5) is 8.78 Å². The minimum atomic E-state index is -0.835. The fraction of sp³-hybridized carbons (Fsp3) is 0.235. The van der Waals surface area contributed by atoms with Crippen molar-refractivity contribution >= 4 is 5.78 Å². The van der Waals surface area contributed by atoms with Gasteiger partial charge in [0, 0.05) is 6.42 Å². The molecule has 0 aliphatic heterocycles. The van der Waals surface area contributed by atoms with Crippen LogP contribution in [-0.2, 0) is 0 Å². The predicted octanol–water partition coefficient (Wildman–Crippen LogP) is 4.23. The third-order valence-electron chi connectivity index (χ3n) is 3.15. The zero-order valence-electron chi connectivity index (χ0n) is 12.0. The third-order valence-corrected chi connectivity index (χ3v) is 3.15. The molecule has 2 rings (SSSR count). The van der Waals surface area contributed by atoms with Gasteiger partial charge < -0.3 is 4.74 Å². The Balaban J connectivity index is 2.01. The highest BCUT2D eigenvalue weighted by molar-refractivity contribution is 5.96. The summed E-state index contributed by atoms with van der Waals surface area (Å²) in [6.45, 7) is 3.50. The molecule has 2 nitrogen and oxygen atoms in total. The fourth-order valence-corrected chi connectivity index (χ4v) is 2.00. The highest BCUT2D eigenvalue weighted by Crippen LogP contribution is 2.18. The van der Waals surface area contributed by atoms with Gasteiger partial charge in [-0.2, -0.15) is 0 Å². The van der Waals surface area contributed by atoms with Crippen LogP contribution in [0.15, 0.2) is 36.4 Å². The number of rotatable bonds is 5. The van der Waals surface area contributed by atoms with E-state index in [-0.39, 0.29) is 18.6 Å². The Morgan fingerprint density at radius 3 is 2.62 bits per heavy atom. The molecule has 0 aliphatic carbocycles. The topological polar surface area (TPSA) is 26.3 Å². The molecule has 0 amide bonds. The van der Waals surface area contributed by atoms with Crippen LogP contribution >= 0.6 is 0 Å². The number of hydrogen-bond donors (Lipinski definition) is 0. The first kappa shape index (κ1) is 15.2. The molecule has 110 valence electrons. The maximum atomic E-state index is 13.8. The van der Waals surface area contributed by atoms with Crippen LogP contribution in [0, 0.1) is 25.5 Å². The molecule has 0 saturated heterocycles. The molecule has 0 fully saturated rings. The van der Waals surface area contributed by atoms with E-state index in [2.05, 4.69) is 0 Å². The lowest BCUT2D eigenvalue weighted by molar-refractivity contribution is 0.0953. The Bertz CT molecular complexity index is 666. The first-order valence-corrected chi connectivity index (χ1v) is 6.66. The molecule has 21 heavy (non-hydrogen) atoms. The van der Waals surface area contributed by atoms with Gasteiger partial charge in [-0.05, 0) is 43.2 Å². The molecule has 0 aliphatic rings. The van der Waals surface area contributed by atoms with E-state index in [0.29, 0.717) is 5.75 Å². The van der Waals surface area contributed by atoms with Gasteiger partial charge in [-0.15, -0.1) is 0 Å². The van der Waals surface area contributed by atoms with Crippen LogP contribution in [0.3, 0.4) is 0 Å². The van der Waals surface area contributed by atoms with E-state index in [9.17, 15) is 13.6 Å². The number of hydrogen-bond acceptors (Lipinski definition) is 2. The number of ketones is 1. The molecule has 0 N–H and O–H groups in total. The maximum absolute atomic E-state index is 13.8. The largest absolute Gasteiger partial charge is 0.493 e. The molecule has 0 bridgehead atoms. The number of Topliss-reactive ketones (excluding diaryl/α,β-unsaturated/α-hetero) is 1. The molecule has 4 heteroatoms. The molecule has 2 aromatic rings. The lowest BCUT2D eigenvalue weighted by Crippen LogP contribution is -2.11. The lowest BCUT2D eigenvalue weighted by atomic mass is 10.0. The van der Waals surface area contributed by atoms with E-state index in [1.54, 1.807) is 6.07 Å². The molecular formula is C17H16F2O2. The van der Waals surface area contributed by atoms with Crippen LogP contribution in [0.2, 0.25) is 0 Å². The first-order valence-electron chi connectivity index (χ1n) is 6.66. The summed E-state index contributed by atoms with van der Waals surface area (Å²) in [5, 5.41) is 0. The summed E-state index contributed by atoms with van der Waals surface area (Å²) in [5.74, 6) is -1.59. The second-order valence-electron chi connectivity index (χ2n) is 4.89. The van der Waals surface area contributed by atoms with Gasteiger partial charge in [0.1, 0.15) is 17.4 Å². The van der Waals surface area contributed by atoms with Crippen molar-refractivity contribution in [3.63, 3.8) is 0 Å². The van der Waals surface area contributed by atoms with Crippen LogP contribution in [0.1, 0.15) is 27.9 Å². The maximum Gasteiger partial charge on any atom is 0.172 e. The minimum absolute atomic E-state index is 0.0781. The predicted molar refractivity (Wildman–Crippen MR) is 76.7 cm³/mol. The zero-order chi connectivity index (χ0) is 15.4. The van der Waals surface area contributed by atoms with Gasteiger partial charge in [0.15, 0.2) is 5.78 Å². The monoisotopic (exact) mass is 290 g/mol. The van der Waals surface area contributed by atoms with Crippen molar-refractivity contribution in [1.82, 2.24) is 0 Å². The van der Waals surface area contributed by atoms with E-state index in [4.69, 9.17) is 4.74 Å². The highest BCUT2D eigenvalue weighted by Gasteiger charge is 2.18. The molecule has 0 radical (unpaired) electrons. The van der Waals surface area contributed by atoms with Crippen molar-refractivity contribution in [2.45, 2.75) is 20.3 Å². The molecule has 0 saturated carbocycles. The smallest absolute Gasteiger partial charge is 0.172 e. The van der Waals surface area contributed by atoms with Gasteiger partial charge in [-0.1, -0.05) is 18.2 Å². The van der Waals surface area contributed by atoms with E-state index < -0.39 is 23.0 Å². The number of carbonyl (C=O) groups excluding carboxylic acids is 1. The van der Waals surface area contributed by atoms with E-state index in [1.165, 1.54) is 13.0 Å². The van der Waals surface area contributed by atoms with Gasteiger partial charge in [-0.25, -0.2) is 8.78 Å². The van der Waals surface area contributed by atoms with Gasteiger partial charge in [0.05, 0.1) is 12.2 Å². The van der Waals surface area contributed by atoms with Crippen molar-refractivity contribution in [1.29, 1.82) is 0 Å². The first-order chi connectivity index (χ1) is 9.99. The Morgan fingerprint density at radius 2 is 1.90 bits per heavy atom. The Labute approximate surface area is 122 Å². The van der Waals surface area contributed by atoms with Crippen molar-refractivity contribution < 1.29 is 18.3 Å². The number of aryl methyl sites for hydroxylation is 2. The summed E-state index contributed by atoms with van der Waals surface area (Å²) in [7, 11) is 0. The molecule has 2 aromatic carbocycles. The SMILES string of the molecule is Cc1cccc(OCCC(=O)c2c(F)ccc(C)c2F)c1. The summed E-state index contributed by atoms with van der Waals surface area (Å²) in [6.07, 6.45) is -0.0781. The van der Waals surface area contributed by atoms with Gasteiger partial charge in [-0.3, -0.25) is 4.79 Å². The molecule has 0 atom stereocenters. The molecule has 0 heterocycles. The fourth-order valence-electron chi connectivity index (χ4n) is 2.00. The summed E-state index contributed by atoms with van der Waals surface area (Å²) in [4.78, 5) is 11.9. The van der Waals surface area contributed by atoms with Crippen LogP contribution in [0.5, 0.6) is 5.75 Å². The average Bonchev–Trinajstić information content (AvgIpc) is 2.43. The zero-order valence-corrected chi connectivity index (χ0v) is 12.0. The number of halogens is 2. The Hall–Kier alpha value is -2.23. The molecule has 0 spiro atoms. The summed E-state index contributed by atoms with van der Waals surface area (Å²) >= 11 is 0. The number of carbonyl (C=O) groups is 1. The van der Waals surface area contributed by atoms with Gasteiger partial charge in [0.2, 0.25) is 0 Å². The number of benzene rings is 2. The Kier molecular flexibility index (Phi) is 4.68. The summed E-state index contributed by atoms with van der Waals surface area (Å²) in [6, 6.07) is 9.78. The molecular weight excluding hydrogens is 274 g/mol. The molecule has 0 unspecified atom stereocenters. The second-order valence-corrected chi connectivity index (χ2v) is 4.89. The molecule has 0 aromatic heterocycles. The van der Waals surface area contributed by atoms with Crippen molar-refractivity contribution in [2.75, 3.05) is 6.61 Å². The summed E-state index contributed by atoms with van der Waals surface area (Å²) < 4.78 is 32.8. The average molecular weight is 290 g/mol. The van der Waals surface area contributed by atoms with Crippen LogP contribution < -0.4 is 4.74 Å². The third kappa shape index (κ3) is 3.66. The number of ether oxygens (including phenoxy) is 1. The quantitative estimate of drug-likeness (QED) is 0.770. The van der Waals surface area contributed by atoms with Crippen LogP contribution in [0.25, 0.3) is 0 Å². The van der Waals surface area contributed by atoms with Crippen LogP contribution in [-0.4, -0.2) is 12.4 Å². The van der Waals surface area contributed by atoms with Gasteiger partial charge in [0.25, 0.3) is 0 Å². The van der Waals surface area contributed by atoms with E-state index >= 15 is 0 Å². The van der Waals surface area contributed by atoms with Crippen molar-refractivity contribution in [2.24, 2.45) is 0 Å². The summed E-state index contributed by atoms with van der Waals surface area (Å²) in [5.41, 5.74) is 0.803. The normalized spacial score (nSPS) is 10.5. The standard InChI is InChI=1S/C17H16F2O2/c1-11-4-3-5-13(10-11)21-9-8-15(20)16-14(18)7-6-12(2)17(16)19/h3-7,10H,8-9H2,1-2H3. The van der Waals surface area contributed by atoms with Crippen molar-refractivity contribution in [3.8, 4) is 5.75 Å².